The van der Waals surface area contributed by atoms with Gasteiger partial charge in [0, 0.05) is 31.8 Å². The molecular weight excluding hydrogens is 164 g/mol. The molecule has 3 heteroatoms. The van der Waals surface area contributed by atoms with Crippen LogP contribution in [0.2, 0.25) is 0 Å². The first-order valence-electron chi connectivity index (χ1n) is 5.06. The number of methoxy groups -OCH3 is 1. The summed E-state index contributed by atoms with van der Waals surface area (Å²) in [6, 6.07) is 0.352. The fourth-order valence-electron chi connectivity index (χ4n) is 1.91. The van der Waals surface area contributed by atoms with E-state index >= 15 is 0 Å². The molecule has 0 aromatic carbocycles. The summed E-state index contributed by atoms with van der Waals surface area (Å²) in [5.74, 6) is 0. The molecule has 1 aliphatic rings. The van der Waals surface area contributed by atoms with Crippen molar-refractivity contribution in [2.75, 3.05) is 26.8 Å². The quantitative estimate of drug-likeness (QED) is 0.709. The fraction of sp³-hybridized carbons (Fsp3) is 1.00. The summed E-state index contributed by atoms with van der Waals surface area (Å²) < 4.78 is 5.09. The Labute approximate surface area is 81.2 Å². The molecule has 0 amide bonds. The molecule has 1 saturated heterocycles. The minimum Gasteiger partial charge on any atom is -0.383 e. The number of rotatable bonds is 3. The molecule has 0 radical (unpaired) electrons. The average molecular weight is 186 g/mol. The summed E-state index contributed by atoms with van der Waals surface area (Å²) in [5, 5.41) is 0. The van der Waals surface area contributed by atoms with Crippen LogP contribution in [0.1, 0.15) is 26.7 Å². The van der Waals surface area contributed by atoms with Gasteiger partial charge in [0.05, 0.1) is 6.61 Å². The normalized spacial score (nSPS) is 29.1. The predicted molar refractivity (Wildman–Crippen MR) is 54.7 cm³/mol. The Morgan fingerprint density at radius 1 is 1.54 bits per heavy atom. The maximum absolute atomic E-state index is 5.94. The van der Waals surface area contributed by atoms with Gasteiger partial charge in [-0.25, -0.2) is 0 Å². The Balaban J connectivity index is 2.46. The van der Waals surface area contributed by atoms with Crippen molar-refractivity contribution in [1.29, 1.82) is 0 Å². The van der Waals surface area contributed by atoms with E-state index in [2.05, 4.69) is 18.7 Å². The summed E-state index contributed by atoms with van der Waals surface area (Å²) in [7, 11) is 1.75. The summed E-state index contributed by atoms with van der Waals surface area (Å²) in [5.41, 5.74) is 6.24. The molecule has 0 aromatic heterocycles. The highest BCUT2D eigenvalue weighted by atomic mass is 16.5. The highest BCUT2D eigenvalue weighted by Gasteiger charge is 2.32. The first-order valence-corrected chi connectivity index (χ1v) is 5.06. The lowest BCUT2D eigenvalue weighted by Gasteiger charge is -2.44. The van der Waals surface area contributed by atoms with Crippen molar-refractivity contribution >= 4 is 0 Å². The van der Waals surface area contributed by atoms with Gasteiger partial charge in [0.25, 0.3) is 0 Å². The van der Waals surface area contributed by atoms with Gasteiger partial charge in [-0.05, 0) is 26.7 Å². The van der Waals surface area contributed by atoms with Crippen molar-refractivity contribution in [2.45, 2.75) is 38.3 Å². The van der Waals surface area contributed by atoms with Gasteiger partial charge in [-0.15, -0.1) is 0 Å². The van der Waals surface area contributed by atoms with Gasteiger partial charge in [0.1, 0.15) is 0 Å². The molecule has 13 heavy (non-hydrogen) atoms. The highest BCUT2D eigenvalue weighted by Crippen LogP contribution is 2.26. The number of hydrogen-bond acceptors (Lipinski definition) is 3. The van der Waals surface area contributed by atoms with Crippen LogP contribution in [0.5, 0.6) is 0 Å². The molecule has 1 rings (SSSR count). The maximum atomic E-state index is 5.94. The van der Waals surface area contributed by atoms with Crippen molar-refractivity contribution in [3.8, 4) is 0 Å². The highest BCUT2D eigenvalue weighted by molar-refractivity contribution is 4.90. The summed E-state index contributed by atoms with van der Waals surface area (Å²) >= 11 is 0. The third-order valence-electron chi connectivity index (χ3n) is 3.00. The van der Waals surface area contributed by atoms with Gasteiger partial charge in [0.15, 0.2) is 0 Å². The zero-order chi connectivity index (χ0) is 9.90. The van der Waals surface area contributed by atoms with Crippen LogP contribution < -0.4 is 5.73 Å². The Bertz CT molecular complexity index is 159. The van der Waals surface area contributed by atoms with E-state index < -0.39 is 0 Å². The smallest absolute Gasteiger partial charge is 0.0589 e. The second-order valence-corrected chi connectivity index (χ2v) is 4.55. The second-order valence-electron chi connectivity index (χ2n) is 4.55. The average Bonchev–Trinajstić information content (AvgIpc) is 2.07. The van der Waals surface area contributed by atoms with Gasteiger partial charge >= 0.3 is 0 Å². The third-order valence-corrected chi connectivity index (χ3v) is 3.00. The monoisotopic (exact) mass is 186 g/mol. The lowest BCUT2D eigenvalue weighted by atomic mass is 9.88. The van der Waals surface area contributed by atoms with E-state index in [-0.39, 0.29) is 0 Å². The van der Waals surface area contributed by atoms with Gasteiger partial charge in [-0.1, -0.05) is 0 Å². The number of likely N-dealkylation sites (tertiary alicyclic amines) is 1. The van der Waals surface area contributed by atoms with Crippen LogP contribution in [0.15, 0.2) is 0 Å². The molecule has 1 unspecified atom stereocenters. The zero-order valence-electron chi connectivity index (χ0n) is 9.05. The first-order chi connectivity index (χ1) is 6.06. The standard InChI is InChI=1S/C10H22N2O/c1-10(2)5-4-9(11)8-12(10)6-7-13-3/h9H,4-8,11H2,1-3H3. The van der Waals surface area contributed by atoms with Gasteiger partial charge in [-0.2, -0.15) is 0 Å². The minimum atomic E-state index is 0.300. The molecule has 0 saturated carbocycles. The van der Waals surface area contributed by atoms with E-state index in [9.17, 15) is 0 Å². The molecule has 3 nitrogen and oxygen atoms in total. The van der Waals surface area contributed by atoms with Gasteiger partial charge in [-0.3, -0.25) is 4.90 Å². The molecule has 2 N–H and O–H groups in total. The minimum absolute atomic E-state index is 0.300. The first kappa shape index (κ1) is 11.0. The van der Waals surface area contributed by atoms with E-state index in [1.807, 2.05) is 0 Å². The SMILES string of the molecule is COCCN1CC(N)CCC1(C)C. The lowest BCUT2D eigenvalue weighted by Crippen LogP contribution is -2.55. The topological polar surface area (TPSA) is 38.5 Å². The van der Waals surface area contributed by atoms with Gasteiger partial charge in [0.2, 0.25) is 0 Å². The number of piperidine rings is 1. The lowest BCUT2D eigenvalue weighted by molar-refractivity contribution is 0.0398. The van der Waals surface area contributed by atoms with Crippen LogP contribution in [0.4, 0.5) is 0 Å². The van der Waals surface area contributed by atoms with Crippen molar-refractivity contribution in [3.63, 3.8) is 0 Å². The number of nitrogens with two attached hydrogens (primary N) is 1. The summed E-state index contributed by atoms with van der Waals surface area (Å²) in [4.78, 5) is 2.44. The van der Waals surface area contributed by atoms with Crippen molar-refractivity contribution in [1.82, 2.24) is 4.90 Å². The summed E-state index contributed by atoms with van der Waals surface area (Å²) in [6.07, 6.45) is 2.34. The predicted octanol–water partition coefficient (Wildman–Crippen LogP) is 0.834. The van der Waals surface area contributed by atoms with E-state index in [0.29, 0.717) is 11.6 Å². The van der Waals surface area contributed by atoms with Crippen molar-refractivity contribution < 1.29 is 4.74 Å². The molecule has 0 bridgehead atoms. The molecule has 0 spiro atoms. The van der Waals surface area contributed by atoms with Crippen molar-refractivity contribution in [2.24, 2.45) is 5.73 Å². The summed E-state index contributed by atoms with van der Waals surface area (Å²) in [6.45, 7) is 7.38. The molecule has 0 aliphatic carbocycles. The van der Waals surface area contributed by atoms with Crippen LogP contribution in [0, 0.1) is 0 Å². The second kappa shape index (κ2) is 4.40. The maximum Gasteiger partial charge on any atom is 0.0589 e. The number of hydrogen-bond donors (Lipinski definition) is 1. The van der Waals surface area contributed by atoms with Crippen LogP contribution in [-0.4, -0.2) is 43.3 Å². The molecule has 1 heterocycles. The zero-order valence-corrected chi connectivity index (χ0v) is 9.05. The van der Waals surface area contributed by atoms with E-state index in [1.54, 1.807) is 7.11 Å². The van der Waals surface area contributed by atoms with Crippen LogP contribution in [-0.2, 0) is 4.74 Å². The van der Waals surface area contributed by atoms with E-state index in [1.165, 1.54) is 6.42 Å². The van der Waals surface area contributed by atoms with E-state index in [0.717, 1.165) is 26.1 Å². The number of ether oxygens (including phenoxy) is 1. The molecule has 1 fully saturated rings. The van der Waals surface area contributed by atoms with Crippen LogP contribution in [0.3, 0.4) is 0 Å². The van der Waals surface area contributed by atoms with Crippen molar-refractivity contribution in [3.05, 3.63) is 0 Å². The van der Waals surface area contributed by atoms with Gasteiger partial charge < -0.3 is 10.5 Å². The Morgan fingerprint density at radius 3 is 2.85 bits per heavy atom. The Hall–Kier alpha value is -0.120. The van der Waals surface area contributed by atoms with Crippen LogP contribution in [0.25, 0.3) is 0 Å². The van der Waals surface area contributed by atoms with Crippen LogP contribution >= 0.6 is 0 Å². The Morgan fingerprint density at radius 2 is 2.23 bits per heavy atom. The molecule has 0 aromatic rings. The fourth-order valence-corrected chi connectivity index (χ4v) is 1.91. The Kier molecular flexibility index (Phi) is 3.71. The largest absolute Gasteiger partial charge is 0.383 e. The molecule has 1 atom stereocenters. The molecular formula is C10H22N2O. The molecule has 78 valence electrons. The third kappa shape index (κ3) is 2.93. The molecule has 1 aliphatic heterocycles. The number of nitrogens with zero attached hydrogens (tertiary/aromatic N) is 1. The van der Waals surface area contributed by atoms with E-state index in [4.69, 9.17) is 10.5 Å².